The first-order valence-corrected chi connectivity index (χ1v) is 7.89. The van der Waals surface area contributed by atoms with Gasteiger partial charge in [-0.3, -0.25) is 0 Å². The molecule has 2 saturated heterocycles. The number of allylic oxidation sites excluding steroid dienone is 1. The molecule has 0 spiro atoms. The molecule has 0 aromatic heterocycles. The number of fused-ring (bicyclic) bond motifs is 1. The quantitative estimate of drug-likeness (QED) is 0.592. The van der Waals surface area contributed by atoms with E-state index in [1.165, 1.54) is 0 Å². The van der Waals surface area contributed by atoms with E-state index in [-0.39, 0.29) is 23.6 Å². The monoisotopic (exact) mass is 312 g/mol. The van der Waals surface area contributed by atoms with Gasteiger partial charge in [0.2, 0.25) is 0 Å². The molecule has 126 valence electrons. The second-order valence-electron chi connectivity index (χ2n) is 7.80. The number of rotatable bonds is 3. The standard InChI is InChI=1S/C17H28O5/c1-10(2)19-14-13-12(20-15(14)18)11(8-9-16(3,4)5)21-17(6,7)22-13/h8-14H,1-7H3/b9-8+/t11-,12+,13-,14-/m1/s1. The van der Waals surface area contributed by atoms with E-state index in [0.29, 0.717) is 0 Å². The fourth-order valence-corrected chi connectivity index (χ4v) is 2.67. The van der Waals surface area contributed by atoms with Crippen LogP contribution >= 0.6 is 0 Å². The first-order chi connectivity index (χ1) is 9.98. The zero-order valence-electron chi connectivity index (χ0n) is 14.6. The molecular weight excluding hydrogens is 284 g/mol. The molecule has 0 radical (unpaired) electrons. The number of carbonyl (C=O) groups is 1. The summed E-state index contributed by atoms with van der Waals surface area (Å²) in [5, 5.41) is 0. The van der Waals surface area contributed by atoms with Gasteiger partial charge in [0.05, 0.1) is 6.10 Å². The van der Waals surface area contributed by atoms with E-state index in [4.69, 9.17) is 18.9 Å². The van der Waals surface area contributed by atoms with E-state index in [0.717, 1.165) is 0 Å². The molecule has 2 fully saturated rings. The zero-order valence-corrected chi connectivity index (χ0v) is 14.6. The topological polar surface area (TPSA) is 54.0 Å². The highest BCUT2D eigenvalue weighted by molar-refractivity contribution is 5.78. The van der Waals surface area contributed by atoms with Crippen molar-refractivity contribution in [1.29, 1.82) is 0 Å². The van der Waals surface area contributed by atoms with E-state index in [1.807, 2.05) is 33.8 Å². The minimum absolute atomic E-state index is 0.0255. The molecule has 5 nitrogen and oxygen atoms in total. The molecule has 5 heteroatoms. The lowest BCUT2D eigenvalue weighted by atomic mass is 9.94. The van der Waals surface area contributed by atoms with E-state index in [9.17, 15) is 4.79 Å². The van der Waals surface area contributed by atoms with Gasteiger partial charge in [-0.1, -0.05) is 32.9 Å². The van der Waals surface area contributed by atoms with E-state index < -0.39 is 24.1 Å². The minimum Gasteiger partial charge on any atom is -0.454 e. The SMILES string of the molecule is CC(C)O[C@H]1C(=O)O[C@@H]2[C@H]1OC(C)(C)O[C@@H]2/C=C/C(C)(C)C. The number of carbonyl (C=O) groups excluding carboxylic acids is 1. The highest BCUT2D eigenvalue weighted by atomic mass is 16.8. The van der Waals surface area contributed by atoms with Gasteiger partial charge in [-0.25, -0.2) is 4.79 Å². The van der Waals surface area contributed by atoms with Gasteiger partial charge in [-0.05, 0) is 33.1 Å². The molecule has 0 amide bonds. The molecule has 2 rings (SSSR count). The molecule has 0 N–H and O–H groups in total. The van der Waals surface area contributed by atoms with Crippen molar-refractivity contribution in [2.24, 2.45) is 5.41 Å². The predicted molar refractivity (Wildman–Crippen MR) is 82.3 cm³/mol. The van der Waals surface area contributed by atoms with Gasteiger partial charge in [0.15, 0.2) is 18.0 Å². The molecule has 0 saturated carbocycles. The Bertz CT molecular complexity index is 446. The van der Waals surface area contributed by atoms with Crippen LogP contribution in [0.25, 0.3) is 0 Å². The smallest absolute Gasteiger partial charge is 0.338 e. The van der Waals surface area contributed by atoms with E-state index in [1.54, 1.807) is 0 Å². The molecule has 0 aliphatic carbocycles. The number of ether oxygens (including phenoxy) is 4. The summed E-state index contributed by atoms with van der Waals surface area (Å²) >= 11 is 0. The van der Waals surface area contributed by atoms with Crippen molar-refractivity contribution in [3.8, 4) is 0 Å². The molecule has 0 unspecified atom stereocenters. The lowest BCUT2D eigenvalue weighted by Crippen LogP contribution is -2.55. The lowest BCUT2D eigenvalue weighted by Gasteiger charge is -2.42. The first-order valence-electron chi connectivity index (χ1n) is 7.89. The second kappa shape index (κ2) is 5.95. The fraction of sp³-hybridized carbons (Fsp3) is 0.824. The third kappa shape index (κ3) is 4.09. The predicted octanol–water partition coefficient (Wildman–Crippen LogP) is 2.83. The van der Waals surface area contributed by atoms with E-state index >= 15 is 0 Å². The maximum absolute atomic E-state index is 12.1. The Morgan fingerprint density at radius 2 is 1.82 bits per heavy atom. The van der Waals surface area contributed by atoms with Crippen LogP contribution in [0.1, 0.15) is 48.5 Å². The summed E-state index contributed by atoms with van der Waals surface area (Å²) in [6.07, 6.45) is 2.01. The van der Waals surface area contributed by atoms with Crippen LogP contribution < -0.4 is 0 Å². The Morgan fingerprint density at radius 3 is 2.36 bits per heavy atom. The summed E-state index contributed by atoms with van der Waals surface area (Å²) in [5.74, 6) is -1.17. The Labute approximate surface area is 132 Å². The van der Waals surface area contributed by atoms with Gasteiger partial charge in [-0.15, -0.1) is 0 Å². The Balaban J connectivity index is 2.23. The molecule has 22 heavy (non-hydrogen) atoms. The summed E-state index contributed by atoms with van der Waals surface area (Å²) in [6, 6.07) is 0. The summed E-state index contributed by atoms with van der Waals surface area (Å²) < 4.78 is 23.0. The van der Waals surface area contributed by atoms with Crippen LogP contribution in [0.5, 0.6) is 0 Å². The van der Waals surface area contributed by atoms with Crippen LogP contribution in [-0.4, -0.2) is 42.3 Å². The highest BCUT2D eigenvalue weighted by Gasteiger charge is 2.56. The Kier molecular flexibility index (Phi) is 4.71. The van der Waals surface area contributed by atoms with Crippen molar-refractivity contribution in [1.82, 2.24) is 0 Å². The molecular formula is C17H28O5. The minimum atomic E-state index is -0.791. The number of esters is 1. The molecule has 0 bridgehead atoms. The van der Waals surface area contributed by atoms with Crippen molar-refractivity contribution >= 4 is 5.97 Å². The van der Waals surface area contributed by atoms with Crippen LogP contribution in [0.15, 0.2) is 12.2 Å². The normalized spacial score (nSPS) is 35.0. The molecule has 0 aromatic rings. The van der Waals surface area contributed by atoms with Crippen LogP contribution in [0.3, 0.4) is 0 Å². The molecule has 2 aliphatic rings. The summed E-state index contributed by atoms with van der Waals surface area (Å²) in [5.41, 5.74) is 0.0255. The summed E-state index contributed by atoms with van der Waals surface area (Å²) in [7, 11) is 0. The Morgan fingerprint density at radius 1 is 1.18 bits per heavy atom. The molecule has 2 aliphatic heterocycles. The van der Waals surface area contributed by atoms with Gasteiger partial charge < -0.3 is 18.9 Å². The average Bonchev–Trinajstić information content (AvgIpc) is 2.61. The average molecular weight is 312 g/mol. The third-order valence-electron chi connectivity index (χ3n) is 3.48. The fourth-order valence-electron chi connectivity index (χ4n) is 2.67. The van der Waals surface area contributed by atoms with E-state index in [2.05, 4.69) is 26.8 Å². The van der Waals surface area contributed by atoms with Crippen molar-refractivity contribution in [2.75, 3.05) is 0 Å². The second-order valence-corrected chi connectivity index (χ2v) is 7.80. The summed E-state index contributed by atoms with van der Waals surface area (Å²) in [6.45, 7) is 13.8. The van der Waals surface area contributed by atoms with Crippen molar-refractivity contribution in [3.63, 3.8) is 0 Å². The molecule has 2 heterocycles. The third-order valence-corrected chi connectivity index (χ3v) is 3.48. The van der Waals surface area contributed by atoms with Crippen LogP contribution in [0.2, 0.25) is 0 Å². The van der Waals surface area contributed by atoms with Gasteiger partial charge in [-0.2, -0.15) is 0 Å². The van der Waals surface area contributed by atoms with Crippen LogP contribution in [-0.2, 0) is 23.7 Å². The maximum atomic E-state index is 12.1. The summed E-state index contributed by atoms with van der Waals surface area (Å²) in [4.78, 5) is 12.1. The number of hydrogen-bond donors (Lipinski definition) is 0. The largest absolute Gasteiger partial charge is 0.454 e. The van der Waals surface area contributed by atoms with Gasteiger partial charge in [0, 0.05) is 0 Å². The molecule has 4 atom stereocenters. The van der Waals surface area contributed by atoms with Gasteiger partial charge in [0.25, 0.3) is 0 Å². The van der Waals surface area contributed by atoms with Crippen LogP contribution in [0, 0.1) is 5.41 Å². The molecule has 0 aromatic carbocycles. The first kappa shape index (κ1) is 17.4. The number of hydrogen-bond acceptors (Lipinski definition) is 5. The van der Waals surface area contributed by atoms with Gasteiger partial charge >= 0.3 is 5.97 Å². The highest BCUT2D eigenvalue weighted by Crippen LogP contribution is 2.37. The van der Waals surface area contributed by atoms with Gasteiger partial charge in [0.1, 0.15) is 12.2 Å². The van der Waals surface area contributed by atoms with Crippen molar-refractivity contribution in [2.45, 2.75) is 84.8 Å². The Hall–Kier alpha value is -0.910. The van der Waals surface area contributed by atoms with Crippen molar-refractivity contribution < 1.29 is 23.7 Å². The zero-order chi connectivity index (χ0) is 16.7. The lowest BCUT2D eigenvalue weighted by molar-refractivity contribution is -0.320. The maximum Gasteiger partial charge on any atom is 0.338 e. The van der Waals surface area contributed by atoms with Crippen molar-refractivity contribution in [3.05, 3.63) is 12.2 Å². The van der Waals surface area contributed by atoms with Crippen LogP contribution in [0.4, 0.5) is 0 Å².